The number of pyridine rings is 1. The summed E-state index contributed by atoms with van der Waals surface area (Å²) in [5, 5.41) is 6.95. The number of halogens is 4. The predicted molar refractivity (Wildman–Crippen MR) is 119 cm³/mol. The molecule has 33 heavy (non-hydrogen) atoms. The zero-order chi connectivity index (χ0) is 23.6. The number of hydrogen-bond donors (Lipinski definition) is 3. The van der Waals surface area contributed by atoms with Crippen LogP contribution in [-0.4, -0.2) is 31.9 Å². The van der Waals surface area contributed by atoms with Crippen LogP contribution < -0.4 is 10.6 Å². The topological polar surface area (TPSA) is 95.6 Å². The number of aromatic nitrogens is 4. The van der Waals surface area contributed by atoms with Gasteiger partial charge in [0.05, 0.1) is 28.7 Å². The maximum Gasteiger partial charge on any atom is 0.416 e. The number of hydrogen-bond acceptors (Lipinski definition) is 5. The largest absolute Gasteiger partial charge is 0.416 e. The predicted octanol–water partition coefficient (Wildman–Crippen LogP) is 4.81. The lowest BCUT2D eigenvalue weighted by molar-refractivity contribution is -0.137. The van der Waals surface area contributed by atoms with Crippen LogP contribution in [0, 0.1) is 0 Å². The van der Waals surface area contributed by atoms with Crippen molar-refractivity contribution in [2.75, 3.05) is 5.32 Å². The lowest BCUT2D eigenvalue weighted by Gasteiger charge is -2.15. The highest BCUT2D eigenvalue weighted by Crippen LogP contribution is 2.29. The van der Waals surface area contributed by atoms with Gasteiger partial charge in [-0.2, -0.15) is 13.2 Å². The molecule has 3 aromatic heterocycles. The summed E-state index contributed by atoms with van der Waals surface area (Å²) in [6.45, 7) is 1.74. The van der Waals surface area contributed by atoms with Crippen molar-refractivity contribution in [3.63, 3.8) is 0 Å². The quantitative estimate of drug-likeness (QED) is 0.373. The van der Waals surface area contributed by atoms with Crippen molar-refractivity contribution in [2.24, 2.45) is 0 Å². The van der Waals surface area contributed by atoms with E-state index in [1.807, 2.05) is 0 Å². The number of carbonyl (C=O) groups is 1. The summed E-state index contributed by atoms with van der Waals surface area (Å²) in [7, 11) is 0. The average Bonchev–Trinajstić information content (AvgIpc) is 3.20. The Bertz CT molecular complexity index is 1290. The highest BCUT2D eigenvalue weighted by Gasteiger charge is 2.29. The Morgan fingerprint density at radius 3 is 2.67 bits per heavy atom. The Morgan fingerprint density at radius 2 is 1.94 bits per heavy atom. The maximum atomic E-state index is 12.7. The number of anilines is 1. The molecular formula is C22H18ClF3N6O. The molecule has 1 amide bonds. The monoisotopic (exact) mass is 474 g/mol. The molecule has 0 spiro atoms. The number of nitrogens with one attached hydrogen (secondary N) is 3. The number of H-pyrrole nitrogens is 1. The van der Waals surface area contributed by atoms with Crippen LogP contribution in [0.4, 0.5) is 19.0 Å². The minimum absolute atomic E-state index is 0.0950. The first-order chi connectivity index (χ1) is 15.7. The second kappa shape index (κ2) is 9.07. The molecule has 0 saturated carbocycles. The van der Waals surface area contributed by atoms with Gasteiger partial charge in [0.2, 0.25) is 5.91 Å². The van der Waals surface area contributed by atoms with E-state index in [0.717, 1.165) is 23.1 Å². The Balaban J connectivity index is 1.40. The van der Waals surface area contributed by atoms with Gasteiger partial charge in [0.1, 0.15) is 17.5 Å². The van der Waals surface area contributed by atoms with E-state index in [9.17, 15) is 18.0 Å². The van der Waals surface area contributed by atoms with Crippen LogP contribution >= 0.6 is 11.6 Å². The Labute approximate surface area is 191 Å². The summed E-state index contributed by atoms with van der Waals surface area (Å²) < 4.78 is 38.0. The Kier molecular flexibility index (Phi) is 6.19. The van der Waals surface area contributed by atoms with E-state index >= 15 is 0 Å². The number of carbonyl (C=O) groups excluding carboxylic acids is 1. The standard InChI is InChI=1S/C22H18ClF3N6O/c1-12(21(33)30-7-13-2-4-14(5-3-13)22(24,25)26)31-19-11-27-10-18(32-19)17-9-29-20-16(17)6-15(23)8-28-20/h2-6,8-12H,7H2,1H3,(H,28,29)(H,30,33)(H,31,32)/t12-/m1/s1. The molecule has 3 N–H and O–H groups in total. The summed E-state index contributed by atoms with van der Waals surface area (Å²) in [5.41, 5.74) is 1.80. The van der Waals surface area contributed by atoms with E-state index in [1.54, 1.807) is 31.6 Å². The summed E-state index contributed by atoms with van der Waals surface area (Å²) in [6, 6.07) is 5.74. The van der Waals surface area contributed by atoms with Gasteiger partial charge in [-0.25, -0.2) is 9.97 Å². The molecule has 0 aliphatic heterocycles. The fraction of sp³-hybridized carbons (Fsp3) is 0.182. The first-order valence-electron chi connectivity index (χ1n) is 9.86. The smallest absolute Gasteiger partial charge is 0.357 e. The summed E-state index contributed by atoms with van der Waals surface area (Å²) >= 11 is 6.05. The van der Waals surface area contributed by atoms with Gasteiger partial charge in [-0.3, -0.25) is 9.78 Å². The first-order valence-corrected chi connectivity index (χ1v) is 10.2. The molecule has 0 fully saturated rings. The number of rotatable bonds is 6. The van der Waals surface area contributed by atoms with E-state index in [-0.39, 0.29) is 12.5 Å². The van der Waals surface area contributed by atoms with Crippen LogP contribution in [0.5, 0.6) is 0 Å². The maximum absolute atomic E-state index is 12.7. The molecule has 3 heterocycles. The van der Waals surface area contributed by atoms with Crippen molar-refractivity contribution in [2.45, 2.75) is 25.7 Å². The van der Waals surface area contributed by atoms with Crippen LogP contribution in [0.3, 0.4) is 0 Å². The van der Waals surface area contributed by atoms with Gasteiger partial charge in [-0.15, -0.1) is 0 Å². The second-order valence-electron chi connectivity index (χ2n) is 7.32. The zero-order valence-corrected chi connectivity index (χ0v) is 18.0. The molecule has 11 heteroatoms. The van der Waals surface area contributed by atoms with Crippen molar-refractivity contribution in [1.82, 2.24) is 25.3 Å². The third kappa shape index (κ3) is 5.23. The molecule has 0 unspecified atom stereocenters. The summed E-state index contributed by atoms with van der Waals surface area (Å²) in [6.07, 6.45) is 1.97. The Hall–Kier alpha value is -3.66. The summed E-state index contributed by atoms with van der Waals surface area (Å²) in [5.74, 6) is 0.0409. The lowest BCUT2D eigenvalue weighted by atomic mass is 10.1. The minimum atomic E-state index is -4.40. The van der Waals surface area contributed by atoms with Gasteiger partial charge in [0.25, 0.3) is 0 Å². The molecule has 1 atom stereocenters. The molecule has 0 aliphatic rings. The lowest BCUT2D eigenvalue weighted by Crippen LogP contribution is -2.37. The number of fused-ring (bicyclic) bond motifs is 1. The molecular weight excluding hydrogens is 457 g/mol. The second-order valence-corrected chi connectivity index (χ2v) is 7.76. The fourth-order valence-corrected chi connectivity index (χ4v) is 3.35. The Morgan fingerprint density at radius 1 is 1.18 bits per heavy atom. The number of aromatic amines is 1. The first kappa shape index (κ1) is 22.5. The van der Waals surface area contributed by atoms with Crippen molar-refractivity contribution in [3.05, 3.63) is 71.3 Å². The van der Waals surface area contributed by atoms with Gasteiger partial charge in [-0.1, -0.05) is 23.7 Å². The molecule has 7 nitrogen and oxygen atoms in total. The van der Waals surface area contributed by atoms with E-state index < -0.39 is 17.8 Å². The average molecular weight is 475 g/mol. The summed E-state index contributed by atoms with van der Waals surface area (Å²) in [4.78, 5) is 28.4. The zero-order valence-electron chi connectivity index (χ0n) is 17.2. The van der Waals surface area contributed by atoms with E-state index in [0.29, 0.717) is 27.7 Å². The van der Waals surface area contributed by atoms with Gasteiger partial charge in [0, 0.05) is 29.9 Å². The van der Waals surface area contributed by atoms with E-state index in [4.69, 9.17) is 11.6 Å². The SMILES string of the molecule is C[C@@H](Nc1cncc(-c2c[nH]c3ncc(Cl)cc23)n1)C(=O)NCc1ccc(C(F)(F)F)cc1. The number of nitrogens with zero attached hydrogens (tertiary/aromatic N) is 3. The van der Waals surface area contributed by atoms with Gasteiger partial charge in [-0.05, 0) is 30.7 Å². The van der Waals surface area contributed by atoms with Crippen molar-refractivity contribution < 1.29 is 18.0 Å². The molecule has 4 rings (SSSR count). The van der Waals surface area contributed by atoms with Crippen molar-refractivity contribution >= 4 is 34.4 Å². The van der Waals surface area contributed by atoms with Crippen LogP contribution in [-0.2, 0) is 17.5 Å². The number of benzene rings is 1. The van der Waals surface area contributed by atoms with Crippen LogP contribution in [0.2, 0.25) is 5.02 Å². The normalized spacial score (nSPS) is 12.5. The van der Waals surface area contributed by atoms with Gasteiger partial charge < -0.3 is 15.6 Å². The molecule has 4 aromatic rings. The molecule has 0 bridgehead atoms. The molecule has 0 aliphatic carbocycles. The van der Waals surface area contributed by atoms with Crippen molar-refractivity contribution in [3.8, 4) is 11.3 Å². The van der Waals surface area contributed by atoms with Crippen LogP contribution in [0.25, 0.3) is 22.3 Å². The van der Waals surface area contributed by atoms with Gasteiger partial charge in [0.15, 0.2) is 0 Å². The molecule has 0 radical (unpaired) electrons. The van der Waals surface area contributed by atoms with E-state index in [1.165, 1.54) is 18.3 Å². The molecule has 170 valence electrons. The van der Waals surface area contributed by atoms with Crippen LogP contribution in [0.15, 0.2) is 55.1 Å². The molecule has 0 saturated heterocycles. The molecule has 1 aromatic carbocycles. The van der Waals surface area contributed by atoms with E-state index in [2.05, 4.69) is 30.6 Å². The van der Waals surface area contributed by atoms with Crippen LogP contribution in [0.1, 0.15) is 18.1 Å². The van der Waals surface area contributed by atoms with Gasteiger partial charge >= 0.3 is 6.18 Å². The number of amides is 1. The minimum Gasteiger partial charge on any atom is -0.357 e. The number of alkyl halides is 3. The third-order valence-electron chi connectivity index (χ3n) is 4.91. The van der Waals surface area contributed by atoms with Crippen molar-refractivity contribution in [1.29, 1.82) is 0 Å². The fourth-order valence-electron chi connectivity index (χ4n) is 3.20. The highest BCUT2D eigenvalue weighted by molar-refractivity contribution is 6.31. The highest BCUT2D eigenvalue weighted by atomic mass is 35.5. The third-order valence-corrected chi connectivity index (χ3v) is 5.12.